The molecule has 0 bridgehead atoms. The number of fused-ring (bicyclic) bond motifs is 1. The van der Waals surface area contributed by atoms with E-state index in [0.717, 1.165) is 11.5 Å². The van der Waals surface area contributed by atoms with Gasteiger partial charge in [-0.25, -0.2) is 8.42 Å². The average molecular weight is 463 g/mol. The molecular formula is C17H12ClN2O4SSr+. The van der Waals surface area contributed by atoms with Crippen molar-refractivity contribution in [3.63, 3.8) is 0 Å². The van der Waals surface area contributed by atoms with Crippen molar-refractivity contribution in [1.29, 1.82) is 0 Å². The fourth-order valence-electron chi connectivity index (χ4n) is 2.38. The van der Waals surface area contributed by atoms with E-state index in [0.29, 0.717) is 10.9 Å². The molecule has 0 aliphatic heterocycles. The maximum atomic E-state index is 11.4. The molecule has 3 aromatic carbocycles. The minimum atomic E-state index is -4.78. The number of hydrogen-bond acceptors (Lipinski definition) is 6. The summed E-state index contributed by atoms with van der Waals surface area (Å²) in [6, 6.07) is 12.8. The average Bonchev–Trinajstić information content (AvgIpc) is 2.55. The molecule has 6 nitrogen and oxygen atoms in total. The van der Waals surface area contributed by atoms with Gasteiger partial charge in [0.1, 0.15) is 27.2 Å². The fraction of sp³-hybridized carbons (Fsp3) is 0.0588. The molecule has 0 aromatic heterocycles. The zero-order valence-corrected chi connectivity index (χ0v) is 18.7. The van der Waals surface area contributed by atoms with Crippen LogP contribution in [0, 0.1) is 6.92 Å². The standard InChI is InChI=1S/C17H13ClN2O4S.Sr/c1-10-8-14(16(9-13(10)18)25(22,23)24)19-20-17-12-5-3-2-4-11(12)6-7-15(17)21;/h2-9,21H,1H3,(H,22,23,24);/q;+2/p-1. The van der Waals surface area contributed by atoms with E-state index in [1.807, 2.05) is 12.1 Å². The number of aryl methyl sites for hydroxylation is 1. The Morgan fingerprint density at radius 1 is 1.08 bits per heavy atom. The molecule has 0 atom stereocenters. The summed E-state index contributed by atoms with van der Waals surface area (Å²) in [6.07, 6.45) is 0. The van der Waals surface area contributed by atoms with Crippen LogP contribution in [0.5, 0.6) is 5.75 Å². The number of halogens is 1. The molecule has 0 heterocycles. The number of phenols is 1. The van der Waals surface area contributed by atoms with Crippen LogP contribution < -0.4 is 0 Å². The van der Waals surface area contributed by atoms with Gasteiger partial charge < -0.3 is 9.66 Å². The number of hydrogen-bond donors (Lipinski definition) is 1. The third kappa shape index (κ3) is 4.45. The number of benzene rings is 3. The molecule has 3 aromatic rings. The first-order valence-corrected chi connectivity index (χ1v) is 8.94. The van der Waals surface area contributed by atoms with E-state index in [-0.39, 0.29) is 67.6 Å². The first-order valence-electron chi connectivity index (χ1n) is 7.16. The van der Waals surface area contributed by atoms with Crippen LogP contribution in [0.2, 0.25) is 5.02 Å². The zero-order chi connectivity index (χ0) is 18.2. The van der Waals surface area contributed by atoms with E-state index < -0.39 is 15.0 Å². The van der Waals surface area contributed by atoms with Crippen molar-refractivity contribution in [2.24, 2.45) is 10.2 Å². The van der Waals surface area contributed by atoms with Crippen LogP contribution in [0.25, 0.3) is 10.8 Å². The Morgan fingerprint density at radius 2 is 1.77 bits per heavy atom. The van der Waals surface area contributed by atoms with Crippen molar-refractivity contribution in [2.45, 2.75) is 11.8 Å². The van der Waals surface area contributed by atoms with Crippen LogP contribution in [-0.2, 0) is 10.1 Å². The normalized spacial score (nSPS) is 11.7. The van der Waals surface area contributed by atoms with Crippen LogP contribution in [-0.4, -0.2) is 63.6 Å². The molecule has 9 heteroatoms. The number of rotatable bonds is 3. The van der Waals surface area contributed by atoms with Gasteiger partial charge in [0.2, 0.25) is 0 Å². The number of nitrogens with zero attached hydrogens (tertiary/aromatic N) is 2. The Kier molecular flexibility index (Phi) is 6.84. The van der Waals surface area contributed by atoms with E-state index in [1.54, 1.807) is 25.1 Å². The fourth-order valence-corrected chi connectivity index (χ4v) is 3.23. The molecule has 0 unspecified atom stereocenters. The van der Waals surface area contributed by atoms with Crippen molar-refractivity contribution < 1.29 is 18.1 Å². The van der Waals surface area contributed by atoms with Crippen LogP contribution in [0.3, 0.4) is 0 Å². The summed E-state index contributed by atoms with van der Waals surface area (Å²) in [4.78, 5) is -0.563. The van der Waals surface area contributed by atoms with E-state index in [2.05, 4.69) is 10.2 Å². The van der Waals surface area contributed by atoms with Crippen LogP contribution in [0.4, 0.5) is 11.4 Å². The Labute approximate surface area is 192 Å². The van der Waals surface area contributed by atoms with Crippen LogP contribution >= 0.6 is 11.6 Å². The predicted molar refractivity (Wildman–Crippen MR) is 99.7 cm³/mol. The van der Waals surface area contributed by atoms with Crippen molar-refractivity contribution in [3.05, 3.63) is 59.1 Å². The minimum Gasteiger partial charge on any atom is -0.744 e. The SMILES string of the molecule is Cc1cc(N=Nc2c(O)ccc3ccccc23)c(S(=O)(=O)[O-])cc1Cl.[Sr+2]. The second kappa shape index (κ2) is 8.35. The van der Waals surface area contributed by atoms with Gasteiger partial charge >= 0.3 is 45.5 Å². The second-order valence-electron chi connectivity index (χ2n) is 5.38. The number of phenolic OH excluding ortho intramolecular Hbond substituents is 1. The van der Waals surface area contributed by atoms with E-state index in [4.69, 9.17) is 11.6 Å². The molecule has 128 valence electrons. The van der Waals surface area contributed by atoms with Gasteiger partial charge in [0, 0.05) is 10.4 Å². The summed E-state index contributed by atoms with van der Waals surface area (Å²) >= 11 is 5.90. The Balaban J connectivity index is 0.00000243. The van der Waals surface area contributed by atoms with E-state index in [1.165, 1.54) is 12.1 Å². The van der Waals surface area contributed by atoms with Crippen molar-refractivity contribution in [3.8, 4) is 5.75 Å². The van der Waals surface area contributed by atoms with Gasteiger partial charge in [-0.15, -0.1) is 10.2 Å². The van der Waals surface area contributed by atoms with Gasteiger partial charge in [-0.05, 0) is 36.1 Å². The largest absolute Gasteiger partial charge is 2.00 e. The summed E-state index contributed by atoms with van der Waals surface area (Å²) in [5.41, 5.74) is 0.592. The third-order valence-electron chi connectivity index (χ3n) is 3.65. The first kappa shape index (κ1) is 21.3. The maximum Gasteiger partial charge on any atom is 2.00 e. The Morgan fingerprint density at radius 3 is 2.46 bits per heavy atom. The molecule has 0 aliphatic rings. The number of aromatic hydroxyl groups is 1. The van der Waals surface area contributed by atoms with Gasteiger partial charge in [-0.1, -0.05) is 41.9 Å². The summed E-state index contributed by atoms with van der Waals surface area (Å²) in [5.74, 6) is -0.111. The van der Waals surface area contributed by atoms with Crippen molar-refractivity contribution >= 4 is 89.3 Å². The van der Waals surface area contributed by atoms with Gasteiger partial charge in [0.05, 0.1) is 4.90 Å². The molecule has 0 saturated heterocycles. The summed E-state index contributed by atoms with van der Waals surface area (Å²) in [6.45, 7) is 1.65. The predicted octanol–water partition coefficient (Wildman–Crippen LogP) is 4.45. The summed E-state index contributed by atoms with van der Waals surface area (Å²) in [5, 5.41) is 19.5. The minimum absolute atomic E-state index is 0. The van der Waals surface area contributed by atoms with Gasteiger partial charge in [-0.3, -0.25) is 0 Å². The van der Waals surface area contributed by atoms with E-state index in [9.17, 15) is 18.1 Å². The molecule has 0 saturated carbocycles. The molecule has 3 rings (SSSR count). The quantitative estimate of drug-likeness (QED) is 0.352. The van der Waals surface area contributed by atoms with Crippen LogP contribution in [0.1, 0.15) is 5.56 Å². The molecular weight excluding hydrogens is 451 g/mol. The van der Waals surface area contributed by atoms with Gasteiger partial charge in [0.15, 0.2) is 0 Å². The summed E-state index contributed by atoms with van der Waals surface area (Å²) < 4.78 is 34.3. The smallest absolute Gasteiger partial charge is 0.744 e. The molecule has 1 N–H and O–H groups in total. The molecule has 26 heavy (non-hydrogen) atoms. The Bertz CT molecular complexity index is 1120. The Hall–Kier alpha value is -0.999. The molecule has 0 amide bonds. The van der Waals surface area contributed by atoms with Gasteiger partial charge in [0.25, 0.3) is 0 Å². The van der Waals surface area contributed by atoms with Crippen LogP contribution in [0.15, 0.2) is 63.7 Å². The van der Waals surface area contributed by atoms with Gasteiger partial charge in [-0.2, -0.15) is 0 Å². The van der Waals surface area contributed by atoms with E-state index >= 15 is 0 Å². The van der Waals surface area contributed by atoms with Crippen molar-refractivity contribution in [1.82, 2.24) is 0 Å². The maximum absolute atomic E-state index is 11.4. The molecule has 0 fully saturated rings. The molecule has 0 radical (unpaired) electrons. The molecule has 0 spiro atoms. The topological polar surface area (TPSA) is 102 Å². The summed E-state index contributed by atoms with van der Waals surface area (Å²) in [7, 11) is -4.78. The first-order chi connectivity index (χ1) is 11.8. The third-order valence-corrected chi connectivity index (χ3v) is 4.92. The van der Waals surface area contributed by atoms with Crippen molar-refractivity contribution in [2.75, 3.05) is 0 Å². The monoisotopic (exact) mass is 463 g/mol. The number of azo groups is 1. The second-order valence-corrected chi connectivity index (χ2v) is 7.13. The zero-order valence-electron chi connectivity index (χ0n) is 13.7. The molecule has 0 aliphatic carbocycles.